The van der Waals surface area contributed by atoms with Crippen LogP contribution in [0, 0.1) is 0 Å². The van der Waals surface area contributed by atoms with Gasteiger partial charge in [-0.3, -0.25) is 0 Å². The first kappa shape index (κ1) is 28.8. The van der Waals surface area contributed by atoms with E-state index in [2.05, 4.69) is 205 Å². The van der Waals surface area contributed by atoms with Crippen LogP contribution >= 0.6 is 0 Å². The van der Waals surface area contributed by atoms with Crippen molar-refractivity contribution in [2.45, 2.75) is 0 Å². The van der Waals surface area contributed by atoms with E-state index in [1.807, 2.05) is 0 Å². The normalized spacial score (nSPS) is 11.4. The van der Waals surface area contributed by atoms with Gasteiger partial charge in [-0.05, 0) is 92.7 Å². The summed E-state index contributed by atoms with van der Waals surface area (Å²) < 4.78 is 2.44. The van der Waals surface area contributed by atoms with E-state index in [1.54, 1.807) is 0 Å². The van der Waals surface area contributed by atoms with Crippen LogP contribution in [0.3, 0.4) is 0 Å². The monoisotopic (exact) mass is 626 g/mol. The molecule has 0 unspecified atom stereocenters. The summed E-state index contributed by atoms with van der Waals surface area (Å²) in [6.07, 6.45) is 0. The molecule has 2 heteroatoms. The fourth-order valence-electron chi connectivity index (χ4n) is 7.23. The minimum atomic E-state index is 1.16. The molecule has 9 aromatic rings. The lowest BCUT2D eigenvalue weighted by molar-refractivity contribution is 1.18. The minimum Gasteiger partial charge on any atom is -0.345 e. The highest BCUT2D eigenvalue weighted by Crippen LogP contribution is 2.39. The van der Waals surface area contributed by atoms with Gasteiger partial charge in [0, 0.05) is 34.9 Å². The maximum atomic E-state index is 2.44. The molecule has 0 spiro atoms. The summed E-state index contributed by atoms with van der Waals surface area (Å²) in [5, 5.41) is 5.09. The van der Waals surface area contributed by atoms with Crippen molar-refractivity contribution in [1.29, 1.82) is 0 Å². The van der Waals surface area contributed by atoms with Gasteiger partial charge < -0.3 is 9.47 Å². The molecule has 0 fully saturated rings. The van der Waals surface area contributed by atoms with Gasteiger partial charge in [0.05, 0.1) is 11.0 Å². The molecule has 2 nitrogen and oxygen atoms in total. The standard InChI is InChI=1S/C47H34N2/c1-48(40-15-6-3-7-16-40)41-27-23-35(24-28-41)34-19-21-36(22-20-34)39-25-29-44-46(32-39)49(45-30-26-37-13-8-9-18-43(37)47(44)45)42-17-10-14-38(31-42)33-11-4-2-5-12-33/h2-32H,1H3. The number of para-hydroxylation sites is 1. The third kappa shape index (κ3) is 5.15. The van der Waals surface area contributed by atoms with Crippen LogP contribution in [0.15, 0.2) is 188 Å². The molecule has 1 heterocycles. The second-order valence-electron chi connectivity index (χ2n) is 12.7. The minimum absolute atomic E-state index is 1.16. The van der Waals surface area contributed by atoms with Gasteiger partial charge in [0.1, 0.15) is 0 Å². The van der Waals surface area contributed by atoms with Crippen LogP contribution in [0.2, 0.25) is 0 Å². The molecule has 0 saturated heterocycles. The summed E-state index contributed by atoms with van der Waals surface area (Å²) in [6.45, 7) is 0. The number of rotatable bonds is 6. The fraction of sp³-hybridized carbons (Fsp3) is 0.0213. The van der Waals surface area contributed by atoms with Crippen LogP contribution in [0.1, 0.15) is 0 Å². The molecular formula is C47H34N2. The Kier molecular flexibility index (Phi) is 7.06. The Bertz CT molecular complexity index is 2580. The average Bonchev–Trinajstić information content (AvgIpc) is 3.53. The zero-order valence-corrected chi connectivity index (χ0v) is 27.3. The SMILES string of the molecule is CN(c1ccccc1)c1ccc(-c2ccc(-c3ccc4c5c6ccccc6ccc5n(-c5cccc(-c6ccccc6)c5)c4c3)cc2)cc1. The molecule has 9 rings (SSSR count). The summed E-state index contributed by atoms with van der Waals surface area (Å²) in [5.74, 6) is 0. The summed E-state index contributed by atoms with van der Waals surface area (Å²) >= 11 is 0. The molecule has 0 amide bonds. The van der Waals surface area contributed by atoms with Crippen LogP contribution in [0.5, 0.6) is 0 Å². The molecule has 0 atom stereocenters. The van der Waals surface area contributed by atoms with E-state index in [0.717, 1.165) is 11.4 Å². The van der Waals surface area contributed by atoms with Gasteiger partial charge in [0.25, 0.3) is 0 Å². The van der Waals surface area contributed by atoms with Crippen molar-refractivity contribution in [3.63, 3.8) is 0 Å². The molecule has 0 bridgehead atoms. The molecule has 0 radical (unpaired) electrons. The summed E-state index contributed by atoms with van der Waals surface area (Å²) in [7, 11) is 2.11. The highest BCUT2D eigenvalue weighted by molar-refractivity contribution is 6.21. The molecule has 0 aliphatic heterocycles. The summed E-state index contributed by atoms with van der Waals surface area (Å²) in [6, 6.07) is 68.0. The smallest absolute Gasteiger partial charge is 0.0547 e. The Labute approximate surface area is 286 Å². The van der Waals surface area contributed by atoms with Crippen molar-refractivity contribution in [1.82, 2.24) is 4.57 Å². The van der Waals surface area contributed by atoms with Crippen molar-refractivity contribution < 1.29 is 0 Å². The highest BCUT2D eigenvalue weighted by Gasteiger charge is 2.16. The first-order valence-electron chi connectivity index (χ1n) is 16.8. The highest BCUT2D eigenvalue weighted by atomic mass is 15.1. The van der Waals surface area contributed by atoms with E-state index in [9.17, 15) is 0 Å². The zero-order valence-electron chi connectivity index (χ0n) is 27.3. The fourth-order valence-corrected chi connectivity index (χ4v) is 7.23. The van der Waals surface area contributed by atoms with E-state index >= 15 is 0 Å². The van der Waals surface area contributed by atoms with Crippen molar-refractivity contribution in [3.8, 4) is 39.1 Å². The maximum Gasteiger partial charge on any atom is 0.0547 e. The Morgan fingerprint density at radius 3 is 1.67 bits per heavy atom. The Hall–Kier alpha value is -6.38. The summed E-state index contributed by atoms with van der Waals surface area (Å²) in [4.78, 5) is 2.21. The number of benzene rings is 8. The van der Waals surface area contributed by atoms with E-state index in [4.69, 9.17) is 0 Å². The van der Waals surface area contributed by atoms with Crippen LogP contribution < -0.4 is 4.90 Å². The van der Waals surface area contributed by atoms with Gasteiger partial charge in [-0.1, -0.05) is 140 Å². The number of hydrogen-bond donors (Lipinski definition) is 0. The van der Waals surface area contributed by atoms with Crippen molar-refractivity contribution >= 4 is 44.0 Å². The van der Waals surface area contributed by atoms with E-state index in [0.29, 0.717) is 0 Å². The van der Waals surface area contributed by atoms with E-state index in [-0.39, 0.29) is 0 Å². The maximum absolute atomic E-state index is 2.44. The van der Waals surface area contributed by atoms with E-state index < -0.39 is 0 Å². The average molecular weight is 627 g/mol. The molecule has 49 heavy (non-hydrogen) atoms. The predicted molar refractivity (Wildman–Crippen MR) is 209 cm³/mol. The number of hydrogen-bond acceptors (Lipinski definition) is 1. The van der Waals surface area contributed by atoms with Gasteiger partial charge in [-0.15, -0.1) is 0 Å². The molecule has 232 valence electrons. The van der Waals surface area contributed by atoms with Crippen LogP contribution in [-0.2, 0) is 0 Å². The van der Waals surface area contributed by atoms with Crippen LogP contribution in [0.4, 0.5) is 11.4 Å². The van der Waals surface area contributed by atoms with Crippen molar-refractivity contribution in [2.75, 3.05) is 11.9 Å². The largest absolute Gasteiger partial charge is 0.345 e. The lowest BCUT2D eigenvalue weighted by Gasteiger charge is -2.19. The molecule has 0 aliphatic rings. The topological polar surface area (TPSA) is 8.17 Å². The van der Waals surface area contributed by atoms with Crippen molar-refractivity contribution in [3.05, 3.63) is 188 Å². The first-order chi connectivity index (χ1) is 24.2. The van der Waals surface area contributed by atoms with Crippen molar-refractivity contribution in [2.24, 2.45) is 0 Å². The molecule has 1 aromatic heterocycles. The molecule has 0 N–H and O–H groups in total. The number of anilines is 2. The van der Waals surface area contributed by atoms with Gasteiger partial charge in [-0.2, -0.15) is 0 Å². The first-order valence-corrected chi connectivity index (χ1v) is 16.8. The van der Waals surface area contributed by atoms with E-state index in [1.165, 1.54) is 71.6 Å². The van der Waals surface area contributed by atoms with Gasteiger partial charge >= 0.3 is 0 Å². The van der Waals surface area contributed by atoms with Gasteiger partial charge in [0.2, 0.25) is 0 Å². The molecule has 0 saturated carbocycles. The third-order valence-electron chi connectivity index (χ3n) is 9.82. The number of fused-ring (bicyclic) bond motifs is 5. The Balaban J connectivity index is 1.13. The third-order valence-corrected chi connectivity index (χ3v) is 9.82. The lowest BCUT2D eigenvalue weighted by atomic mass is 9.98. The number of nitrogens with zero attached hydrogens (tertiary/aromatic N) is 2. The second-order valence-corrected chi connectivity index (χ2v) is 12.7. The lowest BCUT2D eigenvalue weighted by Crippen LogP contribution is -2.08. The quantitative estimate of drug-likeness (QED) is 0.178. The van der Waals surface area contributed by atoms with Gasteiger partial charge in [-0.25, -0.2) is 0 Å². The van der Waals surface area contributed by atoms with Crippen LogP contribution in [-0.4, -0.2) is 11.6 Å². The van der Waals surface area contributed by atoms with Crippen LogP contribution in [0.25, 0.3) is 71.6 Å². The molecule has 8 aromatic carbocycles. The Morgan fingerprint density at radius 1 is 0.367 bits per heavy atom. The zero-order chi connectivity index (χ0) is 32.7. The summed E-state index contributed by atoms with van der Waals surface area (Å²) in [5.41, 5.74) is 13.2. The molecular weight excluding hydrogens is 593 g/mol. The number of aromatic nitrogens is 1. The van der Waals surface area contributed by atoms with Gasteiger partial charge in [0.15, 0.2) is 0 Å². The molecule has 0 aliphatic carbocycles. The predicted octanol–water partition coefficient (Wildman–Crippen LogP) is 12.7. The Morgan fingerprint density at radius 2 is 0.918 bits per heavy atom. The second kappa shape index (κ2) is 12.0.